The average molecular weight is 532 g/mol. The summed E-state index contributed by atoms with van der Waals surface area (Å²) in [5.41, 5.74) is 1.71. The van der Waals surface area contributed by atoms with Crippen molar-refractivity contribution in [3.63, 3.8) is 0 Å². The average Bonchev–Trinajstić information content (AvgIpc) is 3.20. The molecule has 0 spiro atoms. The van der Waals surface area contributed by atoms with Gasteiger partial charge in [-0.15, -0.1) is 24.0 Å². The van der Waals surface area contributed by atoms with E-state index in [1.807, 2.05) is 24.3 Å². The fourth-order valence-corrected chi connectivity index (χ4v) is 3.42. The predicted molar refractivity (Wildman–Crippen MR) is 125 cm³/mol. The molecule has 0 saturated carbocycles. The molecule has 1 unspecified atom stereocenters. The fourth-order valence-electron chi connectivity index (χ4n) is 3.42. The van der Waals surface area contributed by atoms with Crippen molar-refractivity contribution in [2.75, 3.05) is 32.1 Å². The van der Waals surface area contributed by atoms with E-state index in [1.165, 1.54) is 6.07 Å². The van der Waals surface area contributed by atoms with Crippen molar-refractivity contribution in [3.05, 3.63) is 54.1 Å². The van der Waals surface area contributed by atoms with Gasteiger partial charge < -0.3 is 25.0 Å². The van der Waals surface area contributed by atoms with Crippen molar-refractivity contribution in [1.82, 2.24) is 10.6 Å². The van der Waals surface area contributed by atoms with Gasteiger partial charge >= 0.3 is 6.61 Å². The number of ether oxygens (including phenoxy) is 2. The number of nitrogens with one attached hydrogen (secondary N) is 2. The van der Waals surface area contributed by atoms with E-state index in [0.717, 1.165) is 30.9 Å². The minimum Gasteiger partial charge on any atom is -0.495 e. The van der Waals surface area contributed by atoms with E-state index in [4.69, 9.17) is 4.74 Å². The van der Waals surface area contributed by atoms with E-state index >= 15 is 0 Å². The summed E-state index contributed by atoms with van der Waals surface area (Å²) in [5, 5.41) is 6.57. The first kappa shape index (κ1) is 24.0. The van der Waals surface area contributed by atoms with Crippen LogP contribution in [-0.4, -0.2) is 45.9 Å². The van der Waals surface area contributed by atoms with Crippen LogP contribution in [0.4, 0.5) is 14.5 Å². The summed E-state index contributed by atoms with van der Waals surface area (Å²) in [5.74, 6) is 1.63. The predicted octanol–water partition coefficient (Wildman–Crippen LogP) is 3.86. The molecule has 1 aliphatic heterocycles. The van der Waals surface area contributed by atoms with Crippen LogP contribution in [0.1, 0.15) is 12.0 Å². The van der Waals surface area contributed by atoms with E-state index in [9.17, 15) is 8.78 Å². The summed E-state index contributed by atoms with van der Waals surface area (Å²) < 4.78 is 35.2. The second-order valence-electron chi connectivity index (χ2n) is 6.66. The Morgan fingerprint density at radius 3 is 2.57 bits per heavy atom. The Hall–Kier alpha value is -2.30. The van der Waals surface area contributed by atoms with E-state index in [0.29, 0.717) is 18.1 Å². The van der Waals surface area contributed by atoms with Gasteiger partial charge in [0.15, 0.2) is 5.96 Å². The Balaban J connectivity index is 0.00000320. The van der Waals surface area contributed by atoms with Crippen LogP contribution in [-0.2, 0) is 6.54 Å². The summed E-state index contributed by atoms with van der Waals surface area (Å²) in [6.07, 6.45) is 0.948. The highest BCUT2D eigenvalue weighted by Gasteiger charge is 2.25. The number of anilines is 1. The second kappa shape index (κ2) is 11.8. The molecule has 6 nitrogen and oxygen atoms in total. The molecular weight excluding hydrogens is 505 g/mol. The van der Waals surface area contributed by atoms with Crippen molar-refractivity contribution in [1.29, 1.82) is 0 Å². The third-order valence-corrected chi connectivity index (χ3v) is 4.81. The largest absolute Gasteiger partial charge is 0.495 e. The molecule has 1 fully saturated rings. The first-order chi connectivity index (χ1) is 14.1. The van der Waals surface area contributed by atoms with Crippen LogP contribution >= 0.6 is 24.0 Å². The molecule has 2 aromatic rings. The van der Waals surface area contributed by atoms with Crippen molar-refractivity contribution in [3.8, 4) is 11.5 Å². The van der Waals surface area contributed by atoms with Crippen molar-refractivity contribution in [2.45, 2.75) is 25.6 Å². The lowest BCUT2D eigenvalue weighted by Gasteiger charge is -2.22. The molecule has 3 rings (SSSR count). The summed E-state index contributed by atoms with van der Waals surface area (Å²) >= 11 is 0. The SMILES string of the molecule is CN=C(NCc1ccccc1OC(F)F)NC1CCN(c2ccccc2OC)C1.I. The summed E-state index contributed by atoms with van der Waals surface area (Å²) in [6, 6.07) is 14.9. The number of halogens is 3. The van der Waals surface area contributed by atoms with Crippen molar-refractivity contribution in [2.24, 2.45) is 4.99 Å². The third-order valence-electron chi connectivity index (χ3n) is 4.81. The number of nitrogens with zero attached hydrogens (tertiary/aromatic N) is 2. The van der Waals surface area contributed by atoms with Crippen LogP contribution in [0.25, 0.3) is 0 Å². The normalized spacial score (nSPS) is 16.2. The zero-order valence-corrected chi connectivity index (χ0v) is 19.3. The van der Waals surface area contributed by atoms with Crippen LogP contribution in [0.15, 0.2) is 53.5 Å². The van der Waals surface area contributed by atoms with Crippen LogP contribution in [0.2, 0.25) is 0 Å². The molecular formula is C21H27F2IN4O2. The highest BCUT2D eigenvalue weighted by molar-refractivity contribution is 14.0. The molecule has 1 heterocycles. The Morgan fingerprint density at radius 2 is 1.87 bits per heavy atom. The van der Waals surface area contributed by atoms with Gasteiger partial charge in [0, 0.05) is 38.3 Å². The third kappa shape index (κ3) is 6.35. The highest BCUT2D eigenvalue weighted by Crippen LogP contribution is 2.30. The second-order valence-corrected chi connectivity index (χ2v) is 6.66. The van der Waals surface area contributed by atoms with E-state index in [2.05, 4.69) is 25.3 Å². The lowest BCUT2D eigenvalue weighted by molar-refractivity contribution is -0.0504. The van der Waals surface area contributed by atoms with Crippen LogP contribution < -0.4 is 25.0 Å². The molecule has 0 aromatic heterocycles. The Labute approximate surface area is 192 Å². The number of para-hydroxylation sites is 3. The van der Waals surface area contributed by atoms with Gasteiger partial charge in [0.05, 0.1) is 12.8 Å². The number of alkyl halides is 2. The minimum atomic E-state index is -2.85. The van der Waals surface area contributed by atoms with E-state index in [-0.39, 0.29) is 35.8 Å². The Kier molecular flexibility index (Phi) is 9.41. The zero-order chi connectivity index (χ0) is 20.6. The molecule has 0 radical (unpaired) electrons. The summed E-state index contributed by atoms with van der Waals surface area (Å²) in [6.45, 7) is -0.814. The van der Waals surface area contributed by atoms with Crippen molar-refractivity contribution >= 4 is 35.6 Å². The highest BCUT2D eigenvalue weighted by atomic mass is 127. The summed E-state index contributed by atoms with van der Waals surface area (Å²) in [4.78, 5) is 6.52. The van der Waals surface area contributed by atoms with Gasteiger partial charge in [-0.25, -0.2) is 0 Å². The number of benzene rings is 2. The molecule has 164 valence electrons. The van der Waals surface area contributed by atoms with Crippen molar-refractivity contribution < 1.29 is 18.3 Å². The first-order valence-electron chi connectivity index (χ1n) is 9.48. The molecule has 1 atom stereocenters. The molecule has 2 N–H and O–H groups in total. The van der Waals surface area contributed by atoms with Gasteiger partial charge in [0.2, 0.25) is 0 Å². The Bertz CT molecular complexity index is 838. The van der Waals surface area contributed by atoms with Gasteiger partial charge in [-0.1, -0.05) is 30.3 Å². The first-order valence-corrected chi connectivity index (χ1v) is 9.48. The maximum absolute atomic E-state index is 12.6. The lowest BCUT2D eigenvalue weighted by Crippen LogP contribution is -2.44. The van der Waals surface area contributed by atoms with Gasteiger partial charge in [0.25, 0.3) is 0 Å². The molecule has 0 aliphatic carbocycles. The van der Waals surface area contributed by atoms with Crippen LogP contribution in [0.5, 0.6) is 11.5 Å². The fraction of sp³-hybridized carbons (Fsp3) is 0.381. The molecule has 0 amide bonds. The Morgan fingerprint density at radius 1 is 1.17 bits per heavy atom. The van der Waals surface area contributed by atoms with E-state index in [1.54, 1.807) is 32.4 Å². The summed E-state index contributed by atoms with van der Waals surface area (Å²) in [7, 11) is 3.36. The number of hydrogen-bond donors (Lipinski definition) is 2. The number of hydrogen-bond acceptors (Lipinski definition) is 4. The van der Waals surface area contributed by atoms with Gasteiger partial charge in [0.1, 0.15) is 11.5 Å². The topological polar surface area (TPSA) is 58.1 Å². The van der Waals surface area contributed by atoms with E-state index < -0.39 is 6.61 Å². The molecule has 30 heavy (non-hydrogen) atoms. The zero-order valence-electron chi connectivity index (χ0n) is 17.0. The van der Waals surface area contributed by atoms with Crippen LogP contribution in [0, 0.1) is 0 Å². The molecule has 0 bridgehead atoms. The smallest absolute Gasteiger partial charge is 0.387 e. The molecule has 1 saturated heterocycles. The maximum atomic E-state index is 12.6. The number of rotatable bonds is 7. The molecule has 1 aliphatic rings. The van der Waals surface area contributed by atoms with Gasteiger partial charge in [-0.05, 0) is 24.6 Å². The number of guanidine groups is 1. The standard InChI is InChI=1S/C21H26F2N4O2.HI/c1-24-21(25-13-15-7-3-5-9-18(15)29-20(22)23)26-16-11-12-27(14-16)17-8-4-6-10-19(17)28-2;/h3-10,16,20H,11-14H2,1-2H3,(H2,24,25,26);1H. The minimum absolute atomic E-state index is 0. The number of aliphatic imine (C=N–C) groups is 1. The molecule has 2 aromatic carbocycles. The number of methoxy groups -OCH3 is 1. The van der Waals surface area contributed by atoms with Gasteiger partial charge in [-0.3, -0.25) is 4.99 Å². The maximum Gasteiger partial charge on any atom is 0.387 e. The van der Waals surface area contributed by atoms with Gasteiger partial charge in [-0.2, -0.15) is 8.78 Å². The monoisotopic (exact) mass is 532 g/mol. The molecule has 9 heteroatoms. The lowest BCUT2D eigenvalue weighted by atomic mass is 10.2. The quantitative estimate of drug-likeness (QED) is 0.323. The van der Waals surface area contributed by atoms with Crippen LogP contribution in [0.3, 0.4) is 0 Å².